The molecule has 0 radical (unpaired) electrons. The number of rotatable bonds is 6. The van der Waals surface area contributed by atoms with Crippen LogP contribution in [0.2, 0.25) is 0 Å². The van der Waals surface area contributed by atoms with Crippen LogP contribution in [0.5, 0.6) is 5.75 Å². The van der Waals surface area contributed by atoms with E-state index in [1.165, 1.54) is 7.11 Å². The minimum Gasteiger partial charge on any atom is -0.489 e. The van der Waals surface area contributed by atoms with Crippen molar-refractivity contribution < 1.29 is 19.1 Å². The lowest BCUT2D eigenvalue weighted by Crippen LogP contribution is -2.15. The van der Waals surface area contributed by atoms with Gasteiger partial charge in [0.25, 0.3) is 0 Å². The Morgan fingerprint density at radius 3 is 2.76 bits per heavy atom. The number of para-hydroxylation sites is 1. The second kappa shape index (κ2) is 9.06. The van der Waals surface area contributed by atoms with Crippen molar-refractivity contribution in [2.45, 2.75) is 45.3 Å². The quantitative estimate of drug-likeness (QED) is 0.487. The zero-order valence-electron chi connectivity index (χ0n) is 18.8. The van der Waals surface area contributed by atoms with Gasteiger partial charge in [0.15, 0.2) is 6.10 Å². The van der Waals surface area contributed by atoms with Gasteiger partial charge in [-0.3, -0.25) is 4.98 Å². The van der Waals surface area contributed by atoms with E-state index in [0.29, 0.717) is 13.0 Å². The largest absolute Gasteiger partial charge is 0.489 e. The lowest BCUT2D eigenvalue weighted by atomic mass is 9.98. The molecule has 1 aliphatic carbocycles. The maximum Gasteiger partial charge on any atom is 0.333 e. The first-order valence-electron chi connectivity index (χ1n) is 11.2. The average molecular weight is 443 g/mol. The summed E-state index contributed by atoms with van der Waals surface area (Å²) in [6.07, 6.45) is 3.02. The number of carbonyl (C=O) groups excluding carboxylic acids is 1. The number of aromatic nitrogens is 1. The highest BCUT2D eigenvalue weighted by atomic mass is 16.6. The Hall–Kier alpha value is -3.67. The van der Waals surface area contributed by atoms with E-state index >= 15 is 0 Å². The Balaban J connectivity index is 1.25. The highest BCUT2D eigenvalue weighted by Gasteiger charge is 2.32. The number of benzene rings is 2. The van der Waals surface area contributed by atoms with Crippen molar-refractivity contribution in [1.29, 1.82) is 0 Å². The van der Waals surface area contributed by atoms with E-state index in [1.807, 2.05) is 49.4 Å². The van der Waals surface area contributed by atoms with Gasteiger partial charge in [-0.1, -0.05) is 23.4 Å². The van der Waals surface area contributed by atoms with Crippen LogP contribution in [0, 0.1) is 6.92 Å². The molecular weight excluding hydrogens is 416 g/mol. The number of hydrogen-bond donors (Lipinski definition) is 0. The lowest BCUT2D eigenvalue weighted by molar-refractivity contribution is -0.136. The minimum absolute atomic E-state index is 0.185. The monoisotopic (exact) mass is 442 g/mol. The van der Waals surface area contributed by atoms with Crippen LogP contribution in [-0.4, -0.2) is 29.9 Å². The molecule has 0 spiro atoms. The highest BCUT2D eigenvalue weighted by molar-refractivity contribution is 6.02. The Kier molecular flexibility index (Phi) is 5.82. The van der Waals surface area contributed by atoms with Gasteiger partial charge in [-0.2, -0.15) is 0 Å². The first-order chi connectivity index (χ1) is 16.1. The Labute approximate surface area is 192 Å². The fourth-order valence-corrected chi connectivity index (χ4v) is 4.63. The van der Waals surface area contributed by atoms with Crippen LogP contribution in [0.25, 0.3) is 10.9 Å². The Morgan fingerprint density at radius 1 is 1.12 bits per heavy atom. The minimum atomic E-state index is -0.252. The molecule has 2 aromatic carbocycles. The second-order valence-electron chi connectivity index (χ2n) is 8.44. The summed E-state index contributed by atoms with van der Waals surface area (Å²) in [4.78, 5) is 22.3. The molecule has 3 aromatic rings. The molecule has 1 unspecified atom stereocenters. The van der Waals surface area contributed by atoms with Crippen molar-refractivity contribution in [3.05, 3.63) is 82.6 Å². The van der Waals surface area contributed by atoms with Crippen LogP contribution < -0.4 is 4.74 Å². The van der Waals surface area contributed by atoms with Crippen LogP contribution in [0.4, 0.5) is 0 Å². The van der Waals surface area contributed by atoms with Crippen molar-refractivity contribution in [2.24, 2.45) is 5.16 Å². The van der Waals surface area contributed by atoms with Gasteiger partial charge in [-0.25, -0.2) is 4.79 Å². The third kappa shape index (κ3) is 4.33. The van der Waals surface area contributed by atoms with E-state index in [2.05, 4.69) is 22.3 Å². The summed E-state index contributed by atoms with van der Waals surface area (Å²) in [5.74, 6) is 0.540. The van der Waals surface area contributed by atoms with E-state index in [-0.39, 0.29) is 12.1 Å². The molecule has 0 fully saturated rings. The second-order valence-corrected chi connectivity index (χ2v) is 8.44. The average Bonchev–Trinajstić information content (AvgIpc) is 3.52. The first kappa shape index (κ1) is 21.2. The van der Waals surface area contributed by atoms with Crippen LogP contribution in [0.3, 0.4) is 0 Å². The summed E-state index contributed by atoms with van der Waals surface area (Å²) in [6.45, 7) is 2.47. The summed E-state index contributed by atoms with van der Waals surface area (Å²) < 4.78 is 11.0. The van der Waals surface area contributed by atoms with E-state index in [1.54, 1.807) is 0 Å². The maximum atomic E-state index is 12.0. The fourth-order valence-electron chi connectivity index (χ4n) is 4.63. The third-order valence-electron chi connectivity index (χ3n) is 6.26. The number of carbonyl (C=O) groups is 1. The van der Waals surface area contributed by atoms with Crippen molar-refractivity contribution in [1.82, 2.24) is 4.98 Å². The van der Waals surface area contributed by atoms with Crippen molar-refractivity contribution >= 4 is 22.6 Å². The molecule has 6 nitrogen and oxygen atoms in total. The van der Waals surface area contributed by atoms with E-state index < -0.39 is 0 Å². The summed E-state index contributed by atoms with van der Waals surface area (Å²) >= 11 is 0. The molecule has 0 saturated heterocycles. The van der Waals surface area contributed by atoms with Gasteiger partial charge in [-0.05, 0) is 73.7 Å². The zero-order valence-corrected chi connectivity index (χ0v) is 18.8. The molecule has 1 aliphatic heterocycles. The number of aryl methyl sites for hydroxylation is 1. The summed E-state index contributed by atoms with van der Waals surface area (Å²) in [7, 11) is 1.42. The third-order valence-corrected chi connectivity index (χ3v) is 6.26. The SMILES string of the molecule is COC(=O)C1=C(C2CC(c3ccc(OCc4cc(C)nc5ccccc45)cc3)=NO2)CCC1. The van der Waals surface area contributed by atoms with Crippen LogP contribution in [-0.2, 0) is 21.0 Å². The molecule has 6 heteroatoms. The van der Waals surface area contributed by atoms with Gasteiger partial charge in [0.1, 0.15) is 12.4 Å². The van der Waals surface area contributed by atoms with Crippen molar-refractivity contribution in [3.8, 4) is 5.75 Å². The van der Waals surface area contributed by atoms with E-state index in [0.717, 1.165) is 69.6 Å². The van der Waals surface area contributed by atoms with Gasteiger partial charge in [0.05, 0.1) is 18.3 Å². The standard InChI is InChI=1S/C27H26N2O4/c1-17-14-19(21-6-3-4-9-24(21)28-17)16-32-20-12-10-18(11-13-20)25-15-26(33-29-25)22-7-5-8-23(22)27(30)31-2/h3-4,6,9-14,26H,5,7-8,15-16H2,1-2H3. The predicted octanol–water partition coefficient (Wildman–Crippen LogP) is 5.27. The smallest absolute Gasteiger partial charge is 0.333 e. The highest BCUT2D eigenvalue weighted by Crippen LogP contribution is 2.35. The van der Waals surface area contributed by atoms with E-state index in [9.17, 15) is 4.79 Å². The number of hydrogen-bond acceptors (Lipinski definition) is 6. The Morgan fingerprint density at radius 2 is 1.94 bits per heavy atom. The Bertz CT molecular complexity index is 1260. The number of esters is 1. The normalized spacial score (nSPS) is 17.8. The van der Waals surface area contributed by atoms with E-state index in [4.69, 9.17) is 14.3 Å². The molecule has 2 aliphatic rings. The number of nitrogens with zero attached hydrogens (tertiary/aromatic N) is 2. The number of fused-ring (bicyclic) bond motifs is 1. The predicted molar refractivity (Wildman–Crippen MR) is 126 cm³/mol. The molecular formula is C27H26N2O4. The molecule has 0 bridgehead atoms. The molecule has 0 saturated carbocycles. The van der Waals surface area contributed by atoms with Crippen molar-refractivity contribution in [2.75, 3.05) is 7.11 Å². The molecule has 2 heterocycles. The van der Waals surface area contributed by atoms with Crippen molar-refractivity contribution in [3.63, 3.8) is 0 Å². The fraction of sp³-hybridized carbons (Fsp3) is 0.296. The molecule has 1 atom stereocenters. The summed E-state index contributed by atoms with van der Waals surface area (Å²) in [6, 6.07) is 18.1. The number of pyridine rings is 1. The first-order valence-corrected chi connectivity index (χ1v) is 11.2. The number of ether oxygens (including phenoxy) is 2. The maximum absolute atomic E-state index is 12.0. The topological polar surface area (TPSA) is 70.0 Å². The van der Waals surface area contributed by atoms with Gasteiger partial charge < -0.3 is 14.3 Å². The summed E-state index contributed by atoms with van der Waals surface area (Å²) in [5.41, 5.74) is 6.73. The molecule has 33 heavy (non-hydrogen) atoms. The van der Waals surface area contributed by atoms with Gasteiger partial charge in [0, 0.05) is 28.6 Å². The van der Waals surface area contributed by atoms with Crippen LogP contribution in [0.15, 0.2) is 70.9 Å². The molecule has 168 valence electrons. The molecule has 0 amide bonds. The summed E-state index contributed by atoms with van der Waals surface area (Å²) in [5, 5.41) is 5.41. The number of methoxy groups -OCH3 is 1. The molecule has 0 N–H and O–H groups in total. The number of oxime groups is 1. The lowest BCUT2D eigenvalue weighted by Gasteiger charge is -2.12. The molecule has 1 aromatic heterocycles. The van der Waals surface area contributed by atoms with Crippen LogP contribution in [0.1, 0.15) is 42.5 Å². The van der Waals surface area contributed by atoms with Gasteiger partial charge >= 0.3 is 5.97 Å². The van der Waals surface area contributed by atoms with Gasteiger partial charge in [-0.15, -0.1) is 0 Å². The van der Waals surface area contributed by atoms with Crippen LogP contribution >= 0.6 is 0 Å². The zero-order chi connectivity index (χ0) is 22.8. The van der Waals surface area contributed by atoms with Gasteiger partial charge in [0.2, 0.25) is 0 Å². The molecule has 5 rings (SSSR count).